The van der Waals surface area contributed by atoms with Crippen molar-refractivity contribution in [2.24, 2.45) is 133 Å². The highest BCUT2D eigenvalue weighted by Crippen LogP contribution is 2.59. The highest BCUT2D eigenvalue weighted by molar-refractivity contribution is 5.03. The summed E-state index contributed by atoms with van der Waals surface area (Å²) in [6.45, 7) is 64.0. The zero-order valence-electron chi connectivity index (χ0n) is 48.0. The Bertz CT molecular complexity index is 1480. The van der Waals surface area contributed by atoms with Crippen LogP contribution in [0.2, 0.25) is 0 Å². The molecule has 0 aromatic heterocycles. The van der Waals surface area contributed by atoms with Gasteiger partial charge in [0.1, 0.15) is 34.0 Å². The highest BCUT2D eigenvalue weighted by atomic mass is 14.6. The van der Waals surface area contributed by atoms with Crippen molar-refractivity contribution in [1.29, 1.82) is 0 Å². The summed E-state index contributed by atoms with van der Waals surface area (Å²) < 4.78 is 0. The van der Waals surface area contributed by atoms with Crippen molar-refractivity contribution < 1.29 is 0 Å². The lowest BCUT2D eigenvalue weighted by Crippen LogP contribution is -2.45. The molecular formula is C68H118+6. The van der Waals surface area contributed by atoms with Gasteiger partial charge in [-0.2, -0.15) is 0 Å². The monoisotopic (exact) mass is 935 g/mol. The topological polar surface area (TPSA) is 0 Å². The van der Waals surface area contributed by atoms with Gasteiger partial charge in [-0.25, -0.2) is 0 Å². The molecule has 0 N–H and O–H groups in total. The third-order valence-corrected chi connectivity index (χ3v) is 24.0. The summed E-state index contributed by atoms with van der Waals surface area (Å²) in [7, 11) is 0. The van der Waals surface area contributed by atoms with Crippen LogP contribution in [0.3, 0.4) is 0 Å². The van der Waals surface area contributed by atoms with Gasteiger partial charge in [-0.3, -0.25) is 0 Å². The molecule has 6 fully saturated rings. The van der Waals surface area contributed by atoms with Gasteiger partial charge in [0.2, 0.25) is 0 Å². The maximum absolute atomic E-state index is 5.48. The van der Waals surface area contributed by atoms with E-state index < -0.39 is 0 Å². The predicted octanol–water partition coefficient (Wildman–Crippen LogP) is 20.6. The first kappa shape index (κ1) is 56.3. The van der Waals surface area contributed by atoms with E-state index in [-0.39, 0.29) is 27.1 Å². The lowest BCUT2D eigenvalue weighted by atomic mass is 9.51. The zero-order chi connectivity index (χ0) is 50.2. The van der Waals surface area contributed by atoms with Crippen molar-refractivity contribution in [3.63, 3.8) is 0 Å². The normalized spacial score (nSPS) is 36.8. The summed E-state index contributed by atoms with van der Waals surface area (Å²) in [4.78, 5) is 0. The van der Waals surface area contributed by atoms with Crippen LogP contribution in [0, 0.1) is 175 Å². The van der Waals surface area contributed by atoms with E-state index in [0.717, 1.165) is 82.9 Å². The molecule has 6 aliphatic carbocycles. The van der Waals surface area contributed by atoms with Gasteiger partial charge in [0.25, 0.3) is 0 Å². The average molecular weight is 936 g/mol. The fourth-order valence-corrected chi connectivity index (χ4v) is 18.2. The summed E-state index contributed by atoms with van der Waals surface area (Å²) >= 11 is 0. The molecule has 6 rings (SSSR count). The van der Waals surface area contributed by atoms with Crippen molar-refractivity contribution in [2.75, 3.05) is 0 Å². The Morgan fingerprint density at radius 3 is 1.01 bits per heavy atom. The fraction of sp³-hybridized carbons (Fsp3) is 0.882. The fourth-order valence-electron chi connectivity index (χ4n) is 18.2. The van der Waals surface area contributed by atoms with E-state index >= 15 is 0 Å². The molecule has 68 heavy (non-hydrogen) atoms. The molecule has 0 heterocycles. The van der Waals surface area contributed by atoms with Gasteiger partial charge in [0.05, 0.1) is 41.5 Å². The van der Waals surface area contributed by atoms with Crippen molar-refractivity contribution in [1.82, 2.24) is 0 Å². The maximum Gasteiger partial charge on any atom is 0.103 e. The summed E-state index contributed by atoms with van der Waals surface area (Å²) in [5, 5.41) is 0. The van der Waals surface area contributed by atoms with Crippen LogP contribution in [0.1, 0.15) is 244 Å². The van der Waals surface area contributed by atoms with Crippen LogP contribution in [0.25, 0.3) is 0 Å². The quantitative estimate of drug-likeness (QED) is 0.0949. The van der Waals surface area contributed by atoms with Gasteiger partial charge in [-0.05, 0) is 249 Å². The molecule has 6 aliphatic rings. The summed E-state index contributed by atoms with van der Waals surface area (Å²) in [5.74, 6) is 12.5. The van der Waals surface area contributed by atoms with Crippen molar-refractivity contribution in [3.8, 4) is 0 Å². The third-order valence-electron chi connectivity index (χ3n) is 24.0. The summed E-state index contributed by atoms with van der Waals surface area (Å²) in [6, 6.07) is 0. The molecule has 0 aromatic rings. The zero-order valence-corrected chi connectivity index (χ0v) is 48.0. The second-order valence-corrected chi connectivity index (χ2v) is 30.8. The van der Waals surface area contributed by atoms with E-state index in [1.165, 1.54) is 161 Å². The molecule has 384 valence electrons. The summed E-state index contributed by atoms with van der Waals surface area (Å²) in [6.07, 6.45) is 36.7. The molecule has 0 aliphatic heterocycles. The Kier molecular flexibility index (Phi) is 18.4. The number of hydrogen-bond acceptors (Lipinski definition) is 0. The van der Waals surface area contributed by atoms with Crippen LogP contribution in [0.15, 0.2) is 12.7 Å². The van der Waals surface area contributed by atoms with Gasteiger partial charge in [-0.1, -0.05) is 47.6 Å². The maximum atomic E-state index is 5.48. The van der Waals surface area contributed by atoms with Crippen molar-refractivity contribution >= 4 is 0 Å². The minimum Gasteiger partial charge on any atom is -0.103 e. The van der Waals surface area contributed by atoms with Crippen LogP contribution in [-0.2, 0) is 0 Å². The van der Waals surface area contributed by atoms with Crippen LogP contribution in [0.5, 0.6) is 0 Å². The van der Waals surface area contributed by atoms with E-state index in [1.54, 1.807) is 0 Å². The van der Waals surface area contributed by atoms with Gasteiger partial charge < -0.3 is 0 Å². The van der Waals surface area contributed by atoms with E-state index in [9.17, 15) is 0 Å². The first-order valence-corrected chi connectivity index (χ1v) is 30.2. The largest absolute Gasteiger partial charge is 0.103 e. The Labute approximate surface area is 428 Å². The predicted molar refractivity (Wildman–Crippen MR) is 300 cm³/mol. The molecule has 6 saturated carbocycles. The lowest BCUT2D eigenvalue weighted by molar-refractivity contribution is -0.0327. The first-order chi connectivity index (χ1) is 31.5. The average Bonchev–Trinajstić information content (AvgIpc) is 3.30. The van der Waals surface area contributed by atoms with Crippen molar-refractivity contribution in [2.45, 2.75) is 244 Å². The SMILES string of the molecule is C=CC1CCC(C(C)(C)CC(C2CCC(C(C)(C)C([CH2+])C3CCC(C([CH2+])(C)C)CC3)CC2)C(C2CCC(C(C)(C)C([CH2+])C3CCC(C([CH2+])(C)C)CC3)CC2)C([CH2+])C2CCC(C([CH2+])(C)C)CC2)CC1. The van der Waals surface area contributed by atoms with Gasteiger partial charge >= 0.3 is 0 Å². The molecule has 0 nitrogen and oxygen atoms in total. The number of hydrogen-bond donors (Lipinski definition) is 0. The van der Waals surface area contributed by atoms with E-state index in [2.05, 4.69) is 117 Å². The highest BCUT2D eigenvalue weighted by Gasteiger charge is 2.53. The van der Waals surface area contributed by atoms with Crippen LogP contribution < -0.4 is 0 Å². The smallest absolute Gasteiger partial charge is 0.103 e. The number of rotatable bonds is 18. The second-order valence-electron chi connectivity index (χ2n) is 30.8. The minimum absolute atomic E-state index is 0.168. The number of allylic oxidation sites excluding steroid dienone is 1. The molecule has 5 atom stereocenters. The molecule has 0 bridgehead atoms. The first-order valence-electron chi connectivity index (χ1n) is 30.2. The molecule has 0 aromatic carbocycles. The Morgan fingerprint density at radius 2 is 0.676 bits per heavy atom. The molecule has 0 radical (unpaired) electrons. The molecule has 0 spiro atoms. The van der Waals surface area contributed by atoms with E-state index in [4.69, 9.17) is 20.8 Å². The van der Waals surface area contributed by atoms with E-state index in [1.807, 2.05) is 0 Å². The Balaban J connectivity index is 1.24. The van der Waals surface area contributed by atoms with Gasteiger partial charge in [-0.15, -0.1) is 6.58 Å². The van der Waals surface area contributed by atoms with Crippen LogP contribution in [0.4, 0.5) is 0 Å². The van der Waals surface area contributed by atoms with Crippen LogP contribution >= 0.6 is 0 Å². The second kappa shape index (κ2) is 22.2. The molecule has 5 unspecified atom stereocenters. The minimum atomic E-state index is 0.168. The van der Waals surface area contributed by atoms with Gasteiger partial charge in [0.15, 0.2) is 0 Å². The Hall–Kier alpha value is -1.04. The standard InChI is InChI=1S/C68H118/c1-20-49-21-33-58(34-22-49)66(14,15)45-61(53-29-41-59(42-30-53)67(16,17)47(3)51-25-37-56(38-26-51)64(8,9)10)62(46(2)50-23-35-55(36-24-50)63(5,6)7)54-31-43-60(44-32-54)68(18,19)48(4)52-27-39-57(40-28-52)65(11,12)13/h20,46-62H,1-5,8,11,21-45H2,6-7,9-10,12-19H3/q+6. The lowest BCUT2D eigenvalue weighted by Gasteiger charge is -2.51. The molecule has 0 amide bonds. The molecular weight excluding hydrogens is 817 g/mol. The third kappa shape index (κ3) is 13.2. The van der Waals surface area contributed by atoms with Crippen LogP contribution in [-0.4, -0.2) is 0 Å². The molecule has 0 heteroatoms. The van der Waals surface area contributed by atoms with Gasteiger partial charge in [0, 0.05) is 52.3 Å². The summed E-state index contributed by atoms with van der Waals surface area (Å²) in [5.41, 5.74) is 1.47. The van der Waals surface area contributed by atoms with Crippen molar-refractivity contribution in [3.05, 3.63) is 54.2 Å². The Morgan fingerprint density at radius 1 is 0.382 bits per heavy atom. The molecule has 0 saturated heterocycles. The van der Waals surface area contributed by atoms with E-state index in [0.29, 0.717) is 23.2 Å².